The fourth-order valence-electron chi connectivity index (χ4n) is 5.65. The number of sulfonamides is 1. The summed E-state index contributed by atoms with van der Waals surface area (Å²) in [6.07, 6.45) is 6.24. The molecule has 45 heavy (non-hydrogen) atoms. The van der Waals surface area contributed by atoms with Crippen molar-refractivity contribution in [3.8, 4) is 17.2 Å². The third-order valence-corrected chi connectivity index (χ3v) is 9.17. The SMILES string of the molecule is COc1cccc(CN(C(=O)CN(c2cc(OC)ccc2OC)S(C)(=O)=O)[C@H](Cc2ccccc2)C(=O)NC2CCCCC2)c1. The van der Waals surface area contributed by atoms with E-state index in [9.17, 15) is 18.0 Å². The van der Waals surface area contributed by atoms with E-state index in [1.54, 1.807) is 31.4 Å². The topological polar surface area (TPSA) is 114 Å². The zero-order chi connectivity index (χ0) is 32.4. The van der Waals surface area contributed by atoms with Gasteiger partial charge >= 0.3 is 0 Å². The van der Waals surface area contributed by atoms with E-state index < -0.39 is 28.5 Å². The lowest BCUT2D eigenvalue weighted by atomic mass is 9.94. The van der Waals surface area contributed by atoms with Crippen molar-refractivity contribution < 1.29 is 32.2 Å². The summed E-state index contributed by atoms with van der Waals surface area (Å²) in [4.78, 5) is 30.0. The van der Waals surface area contributed by atoms with Crippen LogP contribution in [0.1, 0.15) is 43.2 Å². The van der Waals surface area contributed by atoms with Gasteiger partial charge in [-0.3, -0.25) is 13.9 Å². The minimum absolute atomic E-state index is 0.0202. The molecule has 0 aliphatic heterocycles. The van der Waals surface area contributed by atoms with Gasteiger partial charge in [0.2, 0.25) is 21.8 Å². The Balaban J connectivity index is 1.77. The van der Waals surface area contributed by atoms with Gasteiger partial charge in [0.15, 0.2) is 0 Å². The molecule has 0 heterocycles. The van der Waals surface area contributed by atoms with E-state index >= 15 is 0 Å². The number of hydrogen-bond donors (Lipinski definition) is 1. The molecule has 0 saturated heterocycles. The molecule has 1 aliphatic rings. The summed E-state index contributed by atoms with van der Waals surface area (Å²) in [5.41, 5.74) is 1.76. The number of ether oxygens (including phenoxy) is 3. The van der Waals surface area contributed by atoms with Crippen LogP contribution in [-0.4, -0.2) is 71.3 Å². The lowest BCUT2D eigenvalue weighted by molar-refractivity contribution is -0.140. The molecule has 1 N–H and O–H groups in total. The van der Waals surface area contributed by atoms with Gasteiger partial charge in [-0.25, -0.2) is 8.42 Å². The largest absolute Gasteiger partial charge is 0.497 e. The lowest BCUT2D eigenvalue weighted by Crippen LogP contribution is -2.55. The Bertz CT molecular complexity index is 1540. The molecule has 3 aromatic rings. The fourth-order valence-corrected chi connectivity index (χ4v) is 6.50. The summed E-state index contributed by atoms with van der Waals surface area (Å²) in [7, 11) is 0.467. The third-order valence-electron chi connectivity index (χ3n) is 8.04. The van der Waals surface area contributed by atoms with Crippen LogP contribution in [0.5, 0.6) is 17.2 Å². The number of methoxy groups -OCH3 is 3. The van der Waals surface area contributed by atoms with E-state index in [-0.39, 0.29) is 36.4 Å². The highest BCUT2D eigenvalue weighted by atomic mass is 32.2. The lowest BCUT2D eigenvalue weighted by Gasteiger charge is -2.35. The molecule has 1 atom stereocenters. The van der Waals surface area contributed by atoms with Gasteiger partial charge in [0.05, 0.1) is 33.3 Å². The van der Waals surface area contributed by atoms with E-state index in [0.29, 0.717) is 11.5 Å². The van der Waals surface area contributed by atoms with Crippen molar-refractivity contribution in [3.05, 3.63) is 83.9 Å². The molecule has 0 radical (unpaired) electrons. The van der Waals surface area contributed by atoms with Gasteiger partial charge in [-0.15, -0.1) is 0 Å². The Morgan fingerprint density at radius 3 is 2.16 bits per heavy atom. The molecule has 10 nitrogen and oxygen atoms in total. The zero-order valence-corrected chi connectivity index (χ0v) is 27.2. The number of carbonyl (C=O) groups excluding carboxylic acids is 2. The van der Waals surface area contributed by atoms with E-state index in [0.717, 1.165) is 53.8 Å². The molecular formula is C34H43N3O7S. The maximum absolute atomic E-state index is 14.5. The summed E-state index contributed by atoms with van der Waals surface area (Å²) in [6.45, 7) is -0.507. The van der Waals surface area contributed by atoms with Gasteiger partial charge < -0.3 is 24.4 Å². The van der Waals surface area contributed by atoms with E-state index in [4.69, 9.17) is 14.2 Å². The minimum Gasteiger partial charge on any atom is -0.497 e. The Hall–Kier alpha value is -4.25. The fraction of sp³-hybridized carbons (Fsp3) is 0.412. The van der Waals surface area contributed by atoms with Crippen LogP contribution in [0.25, 0.3) is 0 Å². The summed E-state index contributed by atoms with van der Waals surface area (Å²) < 4.78 is 43.7. The van der Waals surface area contributed by atoms with Gasteiger partial charge in [-0.05, 0) is 48.2 Å². The molecule has 0 unspecified atom stereocenters. The maximum atomic E-state index is 14.5. The average molecular weight is 638 g/mol. The smallest absolute Gasteiger partial charge is 0.244 e. The number of carbonyl (C=O) groups is 2. The molecule has 0 aromatic heterocycles. The molecule has 1 fully saturated rings. The Morgan fingerprint density at radius 1 is 0.844 bits per heavy atom. The highest BCUT2D eigenvalue weighted by Gasteiger charge is 2.35. The highest BCUT2D eigenvalue weighted by Crippen LogP contribution is 2.34. The molecule has 2 amide bonds. The van der Waals surface area contributed by atoms with Crippen LogP contribution >= 0.6 is 0 Å². The predicted molar refractivity (Wildman–Crippen MR) is 174 cm³/mol. The van der Waals surface area contributed by atoms with Crippen molar-refractivity contribution in [2.24, 2.45) is 0 Å². The number of anilines is 1. The molecule has 1 saturated carbocycles. The second kappa shape index (κ2) is 15.7. The van der Waals surface area contributed by atoms with Gasteiger partial charge in [0, 0.05) is 25.1 Å². The third kappa shape index (κ3) is 9.13. The van der Waals surface area contributed by atoms with Crippen molar-refractivity contribution in [2.45, 2.75) is 57.2 Å². The van der Waals surface area contributed by atoms with Crippen LogP contribution in [0.4, 0.5) is 5.69 Å². The first-order valence-corrected chi connectivity index (χ1v) is 16.9. The van der Waals surface area contributed by atoms with E-state index in [1.807, 2.05) is 42.5 Å². The van der Waals surface area contributed by atoms with Crippen molar-refractivity contribution in [2.75, 3.05) is 38.4 Å². The number of nitrogens with zero attached hydrogens (tertiary/aromatic N) is 2. The summed E-state index contributed by atoms with van der Waals surface area (Å²) >= 11 is 0. The van der Waals surface area contributed by atoms with Crippen LogP contribution < -0.4 is 23.8 Å². The van der Waals surface area contributed by atoms with Crippen molar-refractivity contribution in [1.29, 1.82) is 0 Å². The Labute approximate surface area is 266 Å². The van der Waals surface area contributed by atoms with Crippen LogP contribution in [0.15, 0.2) is 72.8 Å². The highest BCUT2D eigenvalue weighted by molar-refractivity contribution is 7.92. The average Bonchev–Trinajstić information content (AvgIpc) is 3.05. The van der Waals surface area contributed by atoms with Gasteiger partial charge in [-0.2, -0.15) is 0 Å². The normalized spacial score (nSPS) is 14.2. The molecule has 0 spiro atoms. The Morgan fingerprint density at radius 2 is 1.51 bits per heavy atom. The van der Waals surface area contributed by atoms with Crippen molar-refractivity contribution >= 4 is 27.5 Å². The van der Waals surface area contributed by atoms with Crippen LogP contribution in [0, 0.1) is 0 Å². The standard InChI is InChI=1S/C34H43N3O7S/c1-42-28-17-11-14-26(20-28)23-36(31(21-25-12-7-5-8-13-25)34(39)35-27-15-9-6-10-16-27)33(38)24-37(45(4,40)41)30-22-29(43-2)18-19-32(30)44-3/h5,7-8,11-14,17-20,22,27,31H,6,9-10,15-16,21,23-24H2,1-4H3,(H,35,39)/t31-/m1/s1. The predicted octanol–water partition coefficient (Wildman–Crippen LogP) is 4.57. The maximum Gasteiger partial charge on any atom is 0.244 e. The van der Waals surface area contributed by atoms with Gasteiger partial charge in [0.1, 0.15) is 29.8 Å². The van der Waals surface area contributed by atoms with Crippen molar-refractivity contribution in [3.63, 3.8) is 0 Å². The molecule has 3 aromatic carbocycles. The molecule has 0 bridgehead atoms. The molecule has 11 heteroatoms. The molecule has 4 rings (SSSR count). The summed E-state index contributed by atoms with van der Waals surface area (Å²) in [5, 5.41) is 3.21. The first-order valence-electron chi connectivity index (χ1n) is 15.1. The van der Waals surface area contributed by atoms with Gasteiger partial charge in [-0.1, -0.05) is 61.7 Å². The van der Waals surface area contributed by atoms with Crippen LogP contribution in [-0.2, 0) is 32.6 Å². The minimum atomic E-state index is -3.99. The van der Waals surface area contributed by atoms with Crippen LogP contribution in [0.3, 0.4) is 0 Å². The molecule has 1 aliphatic carbocycles. The van der Waals surface area contributed by atoms with Gasteiger partial charge in [0.25, 0.3) is 0 Å². The van der Waals surface area contributed by atoms with E-state index in [1.165, 1.54) is 25.2 Å². The summed E-state index contributed by atoms with van der Waals surface area (Å²) in [5.74, 6) is 0.433. The number of rotatable bonds is 14. The first-order chi connectivity index (χ1) is 21.6. The monoisotopic (exact) mass is 637 g/mol. The first kappa shape index (κ1) is 33.6. The zero-order valence-electron chi connectivity index (χ0n) is 26.4. The quantitative estimate of drug-likeness (QED) is 0.276. The van der Waals surface area contributed by atoms with E-state index in [2.05, 4.69) is 5.32 Å². The van der Waals surface area contributed by atoms with Crippen LogP contribution in [0.2, 0.25) is 0 Å². The Kier molecular flexibility index (Phi) is 11.7. The molecule has 242 valence electrons. The number of amides is 2. The summed E-state index contributed by atoms with van der Waals surface area (Å²) in [6, 6.07) is 20.6. The second-order valence-corrected chi connectivity index (χ2v) is 13.1. The second-order valence-electron chi connectivity index (χ2n) is 11.2. The number of hydrogen-bond acceptors (Lipinski definition) is 7. The number of nitrogens with one attached hydrogen (secondary N) is 1. The van der Waals surface area contributed by atoms with Crippen molar-refractivity contribution in [1.82, 2.24) is 10.2 Å². The molecular weight excluding hydrogens is 594 g/mol. The number of benzene rings is 3.